The Kier molecular flexibility index (Phi) is 4.48. The van der Waals surface area contributed by atoms with Gasteiger partial charge in [-0.1, -0.05) is 29.3 Å². The van der Waals surface area contributed by atoms with Crippen LogP contribution in [0.1, 0.15) is 11.3 Å². The molecule has 18 heavy (non-hydrogen) atoms. The highest BCUT2D eigenvalue weighted by Gasteiger charge is 2.06. The molecule has 2 aromatic rings. The second-order valence-electron chi connectivity index (χ2n) is 3.49. The number of thioether (sulfide) groups is 1. The highest BCUT2D eigenvalue weighted by molar-refractivity contribution is 7.98. The van der Waals surface area contributed by atoms with Crippen molar-refractivity contribution in [3.05, 3.63) is 57.8 Å². The van der Waals surface area contributed by atoms with Crippen LogP contribution in [-0.4, -0.2) is 4.98 Å². The Bertz CT molecular complexity index is 608. The van der Waals surface area contributed by atoms with Crippen LogP contribution in [0.15, 0.2) is 41.4 Å². The third kappa shape index (κ3) is 3.17. The van der Waals surface area contributed by atoms with Gasteiger partial charge in [-0.3, -0.25) is 0 Å². The van der Waals surface area contributed by atoms with Crippen LogP contribution < -0.4 is 0 Å². The summed E-state index contributed by atoms with van der Waals surface area (Å²) in [6.07, 6.45) is 1.61. The van der Waals surface area contributed by atoms with Gasteiger partial charge in [-0.05, 0) is 29.8 Å². The first-order valence-electron chi connectivity index (χ1n) is 5.12. The number of hydrogen-bond donors (Lipinski definition) is 0. The van der Waals surface area contributed by atoms with E-state index in [1.165, 1.54) is 11.8 Å². The smallest absolute Gasteiger partial charge is 0.144 e. The zero-order valence-electron chi connectivity index (χ0n) is 9.23. The fourth-order valence-electron chi connectivity index (χ4n) is 1.40. The van der Waals surface area contributed by atoms with Crippen LogP contribution in [0.5, 0.6) is 0 Å². The van der Waals surface area contributed by atoms with Gasteiger partial charge in [0.1, 0.15) is 11.8 Å². The largest absolute Gasteiger partial charge is 0.245 e. The van der Waals surface area contributed by atoms with Gasteiger partial charge in [0, 0.05) is 21.9 Å². The molecule has 5 heteroatoms. The lowest BCUT2D eigenvalue weighted by Crippen LogP contribution is -1.90. The summed E-state index contributed by atoms with van der Waals surface area (Å²) in [5, 5.41) is 10.3. The number of hydrogen-bond acceptors (Lipinski definition) is 3. The van der Waals surface area contributed by atoms with E-state index in [0.29, 0.717) is 21.5 Å². The molecule has 0 bridgehead atoms. The van der Waals surface area contributed by atoms with Crippen molar-refractivity contribution in [3.63, 3.8) is 0 Å². The molecule has 0 aliphatic rings. The molecular weight excluding hydrogens is 287 g/mol. The van der Waals surface area contributed by atoms with Gasteiger partial charge in [-0.25, -0.2) is 4.98 Å². The zero-order chi connectivity index (χ0) is 13.0. The van der Waals surface area contributed by atoms with E-state index < -0.39 is 0 Å². The van der Waals surface area contributed by atoms with E-state index in [9.17, 15) is 0 Å². The van der Waals surface area contributed by atoms with Crippen LogP contribution in [0.2, 0.25) is 10.0 Å². The summed E-state index contributed by atoms with van der Waals surface area (Å²) in [6.45, 7) is 0. The fourth-order valence-corrected chi connectivity index (χ4v) is 2.88. The first-order chi connectivity index (χ1) is 8.70. The average Bonchev–Trinajstić information content (AvgIpc) is 2.40. The molecule has 0 aliphatic heterocycles. The predicted molar refractivity (Wildman–Crippen MR) is 75.0 cm³/mol. The second-order valence-corrected chi connectivity index (χ2v) is 5.35. The third-order valence-electron chi connectivity index (χ3n) is 2.27. The van der Waals surface area contributed by atoms with Crippen LogP contribution in [0, 0.1) is 11.3 Å². The van der Waals surface area contributed by atoms with Crippen LogP contribution in [0.25, 0.3) is 0 Å². The number of nitriles is 1. The van der Waals surface area contributed by atoms with Gasteiger partial charge < -0.3 is 0 Å². The maximum atomic E-state index is 8.95. The van der Waals surface area contributed by atoms with Gasteiger partial charge in [-0.2, -0.15) is 5.26 Å². The standard InChI is InChI=1S/C13H8Cl2N2S/c14-10-3-4-11(15)13(6-10)18-8-9-2-1-5-17-12(9)7-16/h1-6H,8H2. The summed E-state index contributed by atoms with van der Waals surface area (Å²) >= 11 is 13.5. The van der Waals surface area contributed by atoms with Gasteiger partial charge in [0.05, 0.1) is 5.02 Å². The maximum Gasteiger partial charge on any atom is 0.144 e. The minimum Gasteiger partial charge on any atom is -0.245 e. The molecule has 1 aromatic carbocycles. The SMILES string of the molecule is N#Cc1ncccc1CSc1cc(Cl)ccc1Cl. The van der Waals surface area contributed by atoms with Crippen molar-refractivity contribution < 1.29 is 0 Å². The van der Waals surface area contributed by atoms with Crippen LogP contribution in [-0.2, 0) is 5.75 Å². The normalized spacial score (nSPS) is 10.1. The summed E-state index contributed by atoms with van der Waals surface area (Å²) < 4.78 is 0. The number of benzene rings is 1. The van der Waals surface area contributed by atoms with Gasteiger partial charge >= 0.3 is 0 Å². The molecule has 0 aliphatic carbocycles. The Balaban J connectivity index is 2.17. The molecule has 0 amide bonds. The minimum atomic E-state index is 0.447. The molecule has 2 rings (SSSR count). The van der Waals surface area contributed by atoms with E-state index in [1.807, 2.05) is 18.2 Å². The van der Waals surface area contributed by atoms with E-state index in [-0.39, 0.29) is 0 Å². The van der Waals surface area contributed by atoms with Crippen LogP contribution in [0.4, 0.5) is 0 Å². The first-order valence-corrected chi connectivity index (χ1v) is 6.86. The molecule has 0 saturated heterocycles. The fraction of sp³-hybridized carbons (Fsp3) is 0.0769. The second kappa shape index (κ2) is 6.10. The Hall–Kier alpha value is -1.21. The van der Waals surface area contributed by atoms with Crippen molar-refractivity contribution in [3.8, 4) is 6.07 Å². The molecule has 0 saturated carbocycles. The lowest BCUT2D eigenvalue weighted by molar-refractivity contribution is 1.19. The Labute approximate surface area is 120 Å². The van der Waals surface area contributed by atoms with E-state index in [4.69, 9.17) is 28.5 Å². The summed E-state index contributed by atoms with van der Waals surface area (Å²) in [7, 11) is 0. The minimum absolute atomic E-state index is 0.447. The maximum absolute atomic E-state index is 8.95. The number of halogens is 2. The number of aromatic nitrogens is 1. The van der Waals surface area contributed by atoms with E-state index >= 15 is 0 Å². The molecule has 0 spiro atoms. The van der Waals surface area contributed by atoms with E-state index in [1.54, 1.807) is 18.3 Å². The zero-order valence-corrected chi connectivity index (χ0v) is 11.6. The number of rotatable bonds is 3. The molecule has 1 aromatic heterocycles. The topological polar surface area (TPSA) is 36.7 Å². The van der Waals surface area contributed by atoms with E-state index in [2.05, 4.69) is 11.1 Å². The van der Waals surface area contributed by atoms with Crippen molar-refractivity contribution in [2.24, 2.45) is 0 Å². The molecule has 2 nitrogen and oxygen atoms in total. The molecule has 1 heterocycles. The van der Waals surface area contributed by atoms with Crippen molar-refractivity contribution in [1.82, 2.24) is 4.98 Å². The third-order valence-corrected chi connectivity index (χ3v) is 4.05. The van der Waals surface area contributed by atoms with Crippen molar-refractivity contribution in [1.29, 1.82) is 5.26 Å². The Morgan fingerprint density at radius 2 is 2.11 bits per heavy atom. The average molecular weight is 295 g/mol. The van der Waals surface area contributed by atoms with Gasteiger partial charge in [0.25, 0.3) is 0 Å². The summed E-state index contributed by atoms with van der Waals surface area (Å²) in [5.41, 5.74) is 1.34. The van der Waals surface area contributed by atoms with Crippen molar-refractivity contribution >= 4 is 35.0 Å². The number of nitrogens with zero attached hydrogens (tertiary/aromatic N) is 2. The van der Waals surface area contributed by atoms with Gasteiger partial charge in [0.2, 0.25) is 0 Å². The molecule has 0 fully saturated rings. The first kappa shape index (κ1) is 13.2. The highest BCUT2D eigenvalue weighted by Crippen LogP contribution is 2.32. The predicted octanol–water partition coefficient (Wildman–Crippen LogP) is 4.55. The van der Waals surface area contributed by atoms with Crippen molar-refractivity contribution in [2.45, 2.75) is 10.6 Å². The monoisotopic (exact) mass is 294 g/mol. The molecule has 90 valence electrons. The van der Waals surface area contributed by atoms with Gasteiger partial charge in [-0.15, -0.1) is 11.8 Å². The van der Waals surface area contributed by atoms with Crippen LogP contribution >= 0.6 is 35.0 Å². The summed E-state index contributed by atoms with van der Waals surface area (Å²) in [4.78, 5) is 4.92. The van der Waals surface area contributed by atoms with Gasteiger partial charge in [0.15, 0.2) is 0 Å². The lowest BCUT2D eigenvalue weighted by Gasteiger charge is -2.05. The Morgan fingerprint density at radius 3 is 2.89 bits per heavy atom. The highest BCUT2D eigenvalue weighted by atomic mass is 35.5. The van der Waals surface area contributed by atoms with E-state index in [0.717, 1.165) is 10.5 Å². The summed E-state index contributed by atoms with van der Waals surface area (Å²) in [5.74, 6) is 0.636. The molecule has 0 unspecified atom stereocenters. The quantitative estimate of drug-likeness (QED) is 0.779. The number of pyridine rings is 1. The molecular formula is C13H8Cl2N2S. The Morgan fingerprint density at radius 1 is 1.28 bits per heavy atom. The van der Waals surface area contributed by atoms with Crippen LogP contribution in [0.3, 0.4) is 0 Å². The lowest BCUT2D eigenvalue weighted by atomic mass is 10.2. The summed E-state index contributed by atoms with van der Waals surface area (Å²) in [6, 6.07) is 11.1. The van der Waals surface area contributed by atoms with Crippen molar-refractivity contribution in [2.75, 3.05) is 0 Å². The molecule has 0 N–H and O–H groups in total. The molecule has 0 atom stereocenters. The molecule has 0 radical (unpaired) electrons.